The monoisotopic (exact) mass is 450 g/mol. The second-order valence-electron chi connectivity index (χ2n) is 7.53. The number of rotatable bonds is 6. The summed E-state index contributed by atoms with van der Waals surface area (Å²) in [7, 11) is 0. The molecule has 1 fully saturated rings. The Morgan fingerprint density at radius 2 is 1.97 bits per heavy atom. The number of fused-ring (bicyclic) bond motifs is 1. The first-order valence-corrected chi connectivity index (χ1v) is 10.1. The SMILES string of the molecule is Cl.N=C(N)c1ccc(CNC(=O)[C@@H]2CCc3c(Cl)nc(NC4CCC4)c(=O)n32)cc1. The van der Waals surface area contributed by atoms with Crippen molar-refractivity contribution in [1.82, 2.24) is 14.9 Å². The van der Waals surface area contributed by atoms with Crippen molar-refractivity contribution in [3.8, 4) is 0 Å². The number of amides is 1. The molecule has 2 aromatic rings. The van der Waals surface area contributed by atoms with E-state index < -0.39 is 6.04 Å². The highest BCUT2D eigenvalue weighted by Gasteiger charge is 2.33. The predicted molar refractivity (Wildman–Crippen MR) is 119 cm³/mol. The number of nitrogens with zero attached hydrogens (tertiary/aromatic N) is 2. The fraction of sp³-hybridized carbons (Fsp3) is 0.400. The number of hydrogen-bond acceptors (Lipinski definition) is 5. The molecule has 10 heteroatoms. The lowest BCUT2D eigenvalue weighted by molar-refractivity contribution is -0.124. The van der Waals surface area contributed by atoms with Gasteiger partial charge < -0.3 is 16.4 Å². The predicted octanol–water partition coefficient (Wildman–Crippen LogP) is 2.37. The van der Waals surface area contributed by atoms with Crippen molar-refractivity contribution in [2.24, 2.45) is 5.73 Å². The molecule has 1 atom stereocenters. The number of carbonyl (C=O) groups is 1. The average molecular weight is 451 g/mol. The smallest absolute Gasteiger partial charge is 0.294 e. The summed E-state index contributed by atoms with van der Waals surface area (Å²) in [6, 6.07) is 6.75. The number of aromatic nitrogens is 2. The number of amidine groups is 1. The lowest BCUT2D eigenvalue weighted by Crippen LogP contribution is -2.38. The van der Waals surface area contributed by atoms with E-state index in [2.05, 4.69) is 15.6 Å². The van der Waals surface area contributed by atoms with Crippen molar-refractivity contribution in [3.63, 3.8) is 0 Å². The molecule has 30 heavy (non-hydrogen) atoms. The number of carbonyl (C=O) groups excluding carboxylic acids is 1. The fourth-order valence-electron chi connectivity index (χ4n) is 3.70. The molecule has 1 saturated carbocycles. The summed E-state index contributed by atoms with van der Waals surface area (Å²) in [6.07, 6.45) is 4.20. The normalized spacial score (nSPS) is 17.4. The van der Waals surface area contributed by atoms with E-state index in [0.29, 0.717) is 30.6 Å². The standard InChI is InChI=1S/C20H23ClN6O2.ClH/c21-16-14-8-9-15(27(14)20(29)18(26-16)25-13-2-1-3-13)19(28)24-10-11-4-6-12(7-5-11)17(22)23;/h4-7,13,15H,1-3,8-10H2,(H3,22,23)(H,24,28)(H,25,26);1H/t15-;/m0./s1. The molecule has 2 heterocycles. The molecule has 160 valence electrons. The van der Waals surface area contributed by atoms with Crippen LogP contribution in [-0.4, -0.2) is 27.3 Å². The first-order chi connectivity index (χ1) is 13.9. The minimum atomic E-state index is -0.601. The van der Waals surface area contributed by atoms with E-state index in [1.807, 2.05) is 12.1 Å². The number of anilines is 1. The van der Waals surface area contributed by atoms with Gasteiger partial charge in [0.05, 0.1) is 5.69 Å². The number of halogens is 2. The minimum absolute atomic E-state index is 0. The Morgan fingerprint density at radius 1 is 1.27 bits per heavy atom. The van der Waals surface area contributed by atoms with Gasteiger partial charge in [0.25, 0.3) is 5.56 Å². The molecule has 0 saturated heterocycles. The molecule has 0 bridgehead atoms. The Kier molecular flexibility index (Phi) is 6.67. The van der Waals surface area contributed by atoms with Gasteiger partial charge in [-0.3, -0.25) is 19.6 Å². The van der Waals surface area contributed by atoms with E-state index in [1.165, 1.54) is 4.57 Å². The Balaban J connectivity index is 0.00000256. The number of nitrogen functional groups attached to an aromatic ring is 1. The number of nitrogens with one attached hydrogen (secondary N) is 3. The number of nitrogens with two attached hydrogens (primary N) is 1. The van der Waals surface area contributed by atoms with Crippen molar-refractivity contribution in [2.45, 2.75) is 50.7 Å². The number of hydrogen-bond donors (Lipinski definition) is 4. The average Bonchev–Trinajstić information content (AvgIpc) is 3.12. The Bertz CT molecular complexity index is 1020. The zero-order valence-corrected chi connectivity index (χ0v) is 17.9. The van der Waals surface area contributed by atoms with Crippen LogP contribution < -0.4 is 21.9 Å². The second kappa shape index (κ2) is 9.06. The first kappa shape index (κ1) is 22.1. The molecule has 1 aliphatic heterocycles. The quantitative estimate of drug-likeness (QED) is 0.396. The molecule has 1 aromatic carbocycles. The fourth-order valence-corrected chi connectivity index (χ4v) is 3.97. The van der Waals surface area contributed by atoms with E-state index in [4.69, 9.17) is 22.7 Å². The Morgan fingerprint density at radius 3 is 2.57 bits per heavy atom. The molecular formula is C20H24Cl2N6O2. The zero-order valence-electron chi connectivity index (χ0n) is 16.3. The molecule has 1 aliphatic carbocycles. The molecule has 1 amide bonds. The molecular weight excluding hydrogens is 427 g/mol. The molecule has 1 aromatic heterocycles. The van der Waals surface area contributed by atoms with Crippen molar-refractivity contribution in [2.75, 3.05) is 5.32 Å². The zero-order chi connectivity index (χ0) is 20.5. The van der Waals surface area contributed by atoms with Crippen LogP contribution >= 0.6 is 24.0 Å². The summed E-state index contributed by atoms with van der Waals surface area (Å²) < 4.78 is 1.49. The van der Waals surface area contributed by atoms with Crippen LogP contribution in [-0.2, 0) is 17.8 Å². The number of benzene rings is 1. The van der Waals surface area contributed by atoms with Crippen LogP contribution in [0.3, 0.4) is 0 Å². The van der Waals surface area contributed by atoms with Gasteiger partial charge >= 0.3 is 0 Å². The van der Waals surface area contributed by atoms with Crippen LogP contribution in [0.25, 0.3) is 0 Å². The van der Waals surface area contributed by atoms with Gasteiger partial charge in [-0.2, -0.15) is 0 Å². The van der Waals surface area contributed by atoms with Crippen LogP contribution in [0.1, 0.15) is 48.5 Å². The van der Waals surface area contributed by atoms with E-state index in [-0.39, 0.29) is 46.7 Å². The molecule has 2 aliphatic rings. The summed E-state index contributed by atoms with van der Waals surface area (Å²) in [5.41, 5.74) is 7.29. The van der Waals surface area contributed by atoms with E-state index in [9.17, 15) is 9.59 Å². The lowest BCUT2D eigenvalue weighted by Gasteiger charge is -2.27. The van der Waals surface area contributed by atoms with Gasteiger partial charge in [0, 0.05) is 18.2 Å². The molecule has 0 radical (unpaired) electrons. The Labute approximate surface area is 185 Å². The maximum atomic E-state index is 12.9. The lowest BCUT2D eigenvalue weighted by atomic mass is 9.93. The molecule has 4 rings (SSSR count). The third-order valence-electron chi connectivity index (χ3n) is 5.61. The first-order valence-electron chi connectivity index (χ1n) is 9.72. The van der Waals surface area contributed by atoms with Crippen LogP contribution in [0.2, 0.25) is 5.15 Å². The molecule has 8 nitrogen and oxygen atoms in total. The summed E-state index contributed by atoms with van der Waals surface area (Å²) in [4.78, 5) is 30.0. The largest absolute Gasteiger partial charge is 0.384 e. The Hall–Kier alpha value is -2.58. The van der Waals surface area contributed by atoms with Gasteiger partial charge in [0.2, 0.25) is 5.91 Å². The molecule has 5 N–H and O–H groups in total. The van der Waals surface area contributed by atoms with E-state index >= 15 is 0 Å². The summed E-state index contributed by atoms with van der Waals surface area (Å²) >= 11 is 6.30. The topological polar surface area (TPSA) is 126 Å². The van der Waals surface area contributed by atoms with Crippen LogP contribution in [0.15, 0.2) is 29.1 Å². The van der Waals surface area contributed by atoms with E-state index in [0.717, 1.165) is 24.8 Å². The summed E-state index contributed by atoms with van der Waals surface area (Å²) in [5, 5.41) is 13.8. The summed E-state index contributed by atoms with van der Waals surface area (Å²) in [5.74, 6) is 0.000604. The van der Waals surface area contributed by atoms with Gasteiger partial charge in [-0.15, -0.1) is 12.4 Å². The van der Waals surface area contributed by atoms with Gasteiger partial charge in [-0.1, -0.05) is 35.9 Å². The van der Waals surface area contributed by atoms with Gasteiger partial charge in [0.1, 0.15) is 11.9 Å². The maximum Gasteiger partial charge on any atom is 0.294 e. The highest BCUT2D eigenvalue weighted by atomic mass is 35.5. The van der Waals surface area contributed by atoms with Gasteiger partial charge in [-0.05, 0) is 37.7 Å². The molecule has 0 spiro atoms. The highest BCUT2D eigenvalue weighted by molar-refractivity contribution is 6.30. The van der Waals surface area contributed by atoms with Gasteiger partial charge in [-0.25, -0.2) is 4.98 Å². The van der Waals surface area contributed by atoms with Crippen molar-refractivity contribution in [1.29, 1.82) is 5.41 Å². The third kappa shape index (κ3) is 4.29. The maximum absolute atomic E-state index is 12.9. The van der Waals surface area contributed by atoms with E-state index in [1.54, 1.807) is 12.1 Å². The minimum Gasteiger partial charge on any atom is -0.384 e. The van der Waals surface area contributed by atoms with Crippen molar-refractivity contribution < 1.29 is 4.79 Å². The third-order valence-corrected chi connectivity index (χ3v) is 5.91. The molecule has 0 unspecified atom stereocenters. The van der Waals surface area contributed by atoms with Crippen molar-refractivity contribution >= 4 is 41.6 Å². The van der Waals surface area contributed by atoms with Crippen LogP contribution in [0, 0.1) is 5.41 Å². The van der Waals surface area contributed by atoms with Crippen LogP contribution in [0.5, 0.6) is 0 Å². The van der Waals surface area contributed by atoms with Crippen LogP contribution in [0.4, 0.5) is 5.82 Å². The highest BCUT2D eigenvalue weighted by Crippen LogP contribution is 2.30. The second-order valence-corrected chi connectivity index (χ2v) is 7.89. The van der Waals surface area contributed by atoms with Gasteiger partial charge in [0.15, 0.2) is 11.0 Å². The summed E-state index contributed by atoms with van der Waals surface area (Å²) in [6.45, 7) is 0.323. The van der Waals surface area contributed by atoms with Crippen molar-refractivity contribution in [3.05, 3.63) is 56.6 Å².